The summed E-state index contributed by atoms with van der Waals surface area (Å²) < 4.78 is 0. The topological polar surface area (TPSA) is 61.6 Å². The SMILES string of the molecule is N#Cc1ccc(NC2CCSc3ccc(Cl)cc32)nn1. The maximum atomic E-state index is 8.72. The van der Waals surface area contributed by atoms with Crippen LogP contribution in [0.4, 0.5) is 5.82 Å². The third-order valence-corrected chi connectivity index (χ3v) is 4.47. The van der Waals surface area contributed by atoms with Crippen LogP contribution in [-0.2, 0) is 0 Å². The van der Waals surface area contributed by atoms with Crippen molar-refractivity contribution in [2.45, 2.75) is 17.4 Å². The molecular formula is C14H11ClN4S. The fourth-order valence-corrected chi connectivity index (χ4v) is 3.45. The summed E-state index contributed by atoms with van der Waals surface area (Å²) >= 11 is 7.92. The van der Waals surface area contributed by atoms with E-state index < -0.39 is 0 Å². The molecule has 0 aliphatic carbocycles. The number of benzene rings is 1. The fourth-order valence-electron chi connectivity index (χ4n) is 2.16. The van der Waals surface area contributed by atoms with Crippen molar-refractivity contribution in [3.63, 3.8) is 0 Å². The molecule has 4 nitrogen and oxygen atoms in total. The van der Waals surface area contributed by atoms with Crippen molar-refractivity contribution >= 4 is 29.2 Å². The maximum absolute atomic E-state index is 8.72. The molecule has 2 heterocycles. The summed E-state index contributed by atoms with van der Waals surface area (Å²) in [5.74, 6) is 1.72. The van der Waals surface area contributed by atoms with Gasteiger partial charge in [-0.2, -0.15) is 5.26 Å². The van der Waals surface area contributed by atoms with Gasteiger partial charge in [-0.1, -0.05) is 11.6 Å². The average molecular weight is 303 g/mol. The molecule has 0 saturated heterocycles. The van der Waals surface area contributed by atoms with Crippen LogP contribution in [0, 0.1) is 11.3 Å². The van der Waals surface area contributed by atoms with Crippen LogP contribution in [0.2, 0.25) is 5.02 Å². The molecule has 0 fully saturated rings. The Hall–Kier alpha value is -1.77. The number of fused-ring (bicyclic) bond motifs is 1. The molecule has 0 radical (unpaired) electrons. The molecule has 100 valence electrons. The van der Waals surface area contributed by atoms with Crippen molar-refractivity contribution in [2.24, 2.45) is 0 Å². The fraction of sp³-hybridized carbons (Fsp3) is 0.214. The van der Waals surface area contributed by atoms with Gasteiger partial charge in [-0.15, -0.1) is 22.0 Å². The van der Waals surface area contributed by atoms with Gasteiger partial charge in [0, 0.05) is 15.7 Å². The molecule has 6 heteroatoms. The van der Waals surface area contributed by atoms with E-state index >= 15 is 0 Å². The van der Waals surface area contributed by atoms with Crippen molar-refractivity contribution < 1.29 is 0 Å². The zero-order valence-electron chi connectivity index (χ0n) is 10.5. The molecule has 1 aromatic carbocycles. The van der Waals surface area contributed by atoms with Gasteiger partial charge in [-0.25, -0.2) is 0 Å². The van der Waals surface area contributed by atoms with Crippen LogP contribution in [0.25, 0.3) is 0 Å². The molecule has 0 saturated carbocycles. The number of anilines is 1. The molecule has 0 amide bonds. The summed E-state index contributed by atoms with van der Waals surface area (Å²) in [4.78, 5) is 1.25. The van der Waals surface area contributed by atoms with Crippen LogP contribution in [0.1, 0.15) is 23.7 Å². The van der Waals surface area contributed by atoms with E-state index in [0.29, 0.717) is 11.5 Å². The van der Waals surface area contributed by atoms with E-state index in [0.717, 1.165) is 17.2 Å². The maximum Gasteiger partial charge on any atom is 0.163 e. The zero-order chi connectivity index (χ0) is 13.9. The molecule has 1 unspecified atom stereocenters. The Morgan fingerprint density at radius 1 is 1.30 bits per heavy atom. The summed E-state index contributed by atoms with van der Waals surface area (Å²) in [7, 11) is 0. The van der Waals surface area contributed by atoms with Gasteiger partial charge in [0.2, 0.25) is 0 Å². The number of halogens is 1. The highest BCUT2D eigenvalue weighted by atomic mass is 35.5. The second-order valence-corrected chi connectivity index (χ2v) is 6.01. The highest BCUT2D eigenvalue weighted by Crippen LogP contribution is 2.38. The molecule has 1 aromatic heterocycles. The first kappa shape index (κ1) is 13.2. The van der Waals surface area contributed by atoms with Gasteiger partial charge in [0.15, 0.2) is 5.69 Å². The van der Waals surface area contributed by atoms with E-state index in [4.69, 9.17) is 16.9 Å². The Kier molecular flexibility index (Phi) is 3.77. The smallest absolute Gasteiger partial charge is 0.163 e. The van der Waals surface area contributed by atoms with Gasteiger partial charge < -0.3 is 5.32 Å². The molecule has 20 heavy (non-hydrogen) atoms. The van der Waals surface area contributed by atoms with E-state index in [2.05, 4.69) is 21.6 Å². The highest BCUT2D eigenvalue weighted by molar-refractivity contribution is 7.99. The molecule has 1 aliphatic heterocycles. The Balaban J connectivity index is 1.85. The second-order valence-electron chi connectivity index (χ2n) is 4.43. The zero-order valence-corrected chi connectivity index (χ0v) is 12.1. The van der Waals surface area contributed by atoms with Crippen LogP contribution in [0.5, 0.6) is 0 Å². The first-order chi connectivity index (χ1) is 9.76. The minimum absolute atomic E-state index is 0.173. The molecule has 1 aliphatic rings. The number of rotatable bonds is 2. The molecule has 3 rings (SSSR count). The summed E-state index contributed by atoms with van der Waals surface area (Å²) in [6.45, 7) is 0. The standard InChI is InChI=1S/C14H11ClN4S/c15-9-1-3-13-11(7-9)12(5-6-20-13)17-14-4-2-10(8-16)18-19-14/h1-4,7,12H,5-6H2,(H,17,19). The monoisotopic (exact) mass is 302 g/mol. The third kappa shape index (κ3) is 2.72. The highest BCUT2D eigenvalue weighted by Gasteiger charge is 2.21. The molecule has 0 bridgehead atoms. The number of nitriles is 1. The molecule has 2 aromatic rings. The number of thioether (sulfide) groups is 1. The van der Waals surface area contributed by atoms with Gasteiger partial charge in [-0.05, 0) is 42.3 Å². The molecule has 1 atom stereocenters. The minimum atomic E-state index is 0.173. The quantitative estimate of drug-likeness (QED) is 0.917. The number of nitrogens with one attached hydrogen (secondary N) is 1. The Morgan fingerprint density at radius 3 is 2.95 bits per heavy atom. The largest absolute Gasteiger partial charge is 0.362 e. The lowest BCUT2D eigenvalue weighted by atomic mass is 10.0. The van der Waals surface area contributed by atoms with Crippen LogP contribution < -0.4 is 5.32 Å². The lowest BCUT2D eigenvalue weighted by Gasteiger charge is -2.26. The van der Waals surface area contributed by atoms with Crippen LogP contribution >= 0.6 is 23.4 Å². The van der Waals surface area contributed by atoms with Crippen molar-refractivity contribution in [1.29, 1.82) is 5.26 Å². The van der Waals surface area contributed by atoms with Crippen LogP contribution in [0.15, 0.2) is 35.2 Å². The van der Waals surface area contributed by atoms with E-state index in [-0.39, 0.29) is 6.04 Å². The lowest BCUT2D eigenvalue weighted by molar-refractivity contribution is 0.720. The van der Waals surface area contributed by atoms with Crippen molar-refractivity contribution in [2.75, 3.05) is 11.1 Å². The number of hydrogen-bond donors (Lipinski definition) is 1. The number of hydrogen-bond acceptors (Lipinski definition) is 5. The predicted octanol–water partition coefficient (Wildman–Crippen LogP) is 3.65. The van der Waals surface area contributed by atoms with Gasteiger partial charge in [0.1, 0.15) is 11.9 Å². The van der Waals surface area contributed by atoms with Crippen molar-refractivity contribution in [3.8, 4) is 6.07 Å². The summed E-state index contributed by atoms with van der Waals surface area (Å²) in [6.07, 6.45) is 1.000. The predicted molar refractivity (Wildman–Crippen MR) is 79.9 cm³/mol. The van der Waals surface area contributed by atoms with Crippen molar-refractivity contribution in [3.05, 3.63) is 46.6 Å². The lowest BCUT2D eigenvalue weighted by Crippen LogP contribution is -2.17. The van der Waals surface area contributed by atoms with Gasteiger partial charge in [0.05, 0.1) is 6.04 Å². The van der Waals surface area contributed by atoms with Crippen LogP contribution in [-0.4, -0.2) is 16.0 Å². The van der Waals surface area contributed by atoms with E-state index in [1.807, 2.05) is 30.0 Å². The normalized spacial score (nSPS) is 17.1. The third-order valence-electron chi connectivity index (χ3n) is 3.11. The summed E-state index contributed by atoms with van der Waals surface area (Å²) in [5, 5.41) is 20.7. The second kappa shape index (κ2) is 5.70. The molecule has 1 N–H and O–H groups in total. The van der Waals surface area contributed by atoms with Gasteiger partial charge in [0.25, 0.3) is 0 Å². The number of aromatic nitrogens is 2. The van der Waals surface area contributed by atoms with E-state index in [1.165, 1.54) is 10.5 Å². The summed E-state index contributed by atoms with van der Waals surface area (Å²) in [5.41, 5.74) is 1.51. The molecule has 0 spiro atoms. The van der Waals surface area contributed by atoms with E-state index in [1.54, 1.807) is 12.1 Å². The number of nitrogens with zero attached hydrogens (tertiary/aromatic N) is 3. The Labute approximate surface area is 126 Å². The van der Waals surface area contributed by atoms with Crippen molar-refractivity contribution in [1.82, 2.24) is 10.2 Å². The van der Waals surface area contributed by atoms with Gasteiger partial charge in [-0.3, -0.25) is 0 Å². The summed E-state index contributed by atoms with van der Waals surface area (Å²) in [6, 6.07) is 11.5. The van der Waals surface area contributed by atoms with E-state index in [9.17, 15) is 0 Å². The Morgan fingerprint density at radius 2 is 2.20 bits per heavy atom. The minimum Gasteiger partial charge on any atom is -0.362 e. The average Bonchev–Trinajstić information content (AvgIpc) is 2.49. The molecular weight excluding hydrogens is 292 g/mol. The Bertz CT molecular complexity index is 666. The first-order valence-corrected chi connectivity index (χ1v) is 7.55. The van der Waals surface area contributed by atoms with Crippen LogP contribution in [0.3, 0.4) is 0 Å². The van der Waals surface area contributed by atoms with Gasteiger partial charge >= 0.3 is 0 Å². The first-order valence-electron chi connectivity index (χ1n) is 6.19.